The van der Waals surface area contributed by atoms with Gasteiger partial charge in [-0.3, -0.25) is 14.9 Å². The number of ether oxygens (including phenoxy) is 1. The molecular formula is C13H21N3O5. The van der Waals surface area contributed by atoms with Gasteiger partial charge in [-0.2, -0.15) is 0 Å². The van der Waals surface area contributed by atoms with Crippen molar-refractivity contribution in [3.05, 3.63) is 0 Å². The van der Waals surface area contributed by atoms with Crippen LogP contribution >= 0.6 is 0 Å². The Kier molecular flexibility index (Phi) is 5.28. The highest BCUT2D eigenvalue weighted by Gasteiger charge is 2.31. The quantitative estimate of drug-likeness (QED) is 0.626. The SMILES string of the molecule is C[C@@H](OC(=O)[C@H]1CCC(=O)N1)C(=O)NC(=O)NC(C)(C)C. The summed E-state index contributed by atoms with van der Waals surface area (Å²) in [6, 6.07) is -1.39. The lowest BCUT2D eigenvalue weighted by Crippen LogP contribution is -2.51. The van der Waals surface area contributed by atoms with E-state index in [0.717, 1.165) is 0 Å². The van der Waals surface area contributed by atoms with Crippen LogP contribution in [-0.4, -0.2) is 41.5 Å². The van der Waals surface area contributed by atoms with Gasteiger partial charge in [-0.25, -0.2) is 9.59 Å². The maximum Gasteiger partial charge on any atom is 0.329 e. The van der Waals surface area contributed by atoms with Crippen molar-refractivity contribution >= 4 is 23.8 Å². The second kappa shape index (κ2) is 6.55. The van der Waals surface area contributed by atoms with Crippen molar-refractivity contribution in [3.8, 4) is 0 Å². The van der Waals surface area contributed by atoms with Crippen LogP contribution < -0.4 is 16.0 Å². The topological polar surface area (TPSA) is 114 Å². The van der Waals surface area contributed by atoms with E-state index in [1.807, 2.05) is 0 Å². The van der Waals surface area contributed by atoms with Gasteiger partial charge in [0.2, 0.25) is 5.91 Å². The number of hydrogen-bond acceptors (Lipinski definition) is 5. The lowest BCUT2D eigenvalue weighted by Gasteiger charge is -2.21. The molecule has 1 aliphatic rings. The minimum Gasteiger partial charge on any atom is -0.451 e. The number of hydrogen-bond donors (Lipinski definition) is 3. The van der Waals surface area contributed by atoms with Crippen LogP contribution in [0.2, 0.25) is 0 Å². The Morgan fingerprint density at radius 2 is 1.95 bits per heavy atom. The number of esters is 1. The summed E-state index contributed by atoms with van der Waals surface area (Å²) < 4.78 is 4.93. The molecule has 118 valence electrons. The largest absolute Gasteiger partial charge is 0.451 e. The molecule has 1 fully saturated rings. The van der Waals surface area contributed by atoms with Crippen molar-refractivity contribution < 1.29 is 23.9 Å². The molecule has 0 unspecified atom stereocenters. The zero-order chi connectivity index (χ0) is 16.2. The van der Waals surface area contributed by atoms with Crippen molar-refractivity contribution in [3.63, 3.8) is 0 Å². The Balaban J connectivity index is 2.42. The molecular weight excluding hydrogens is 278 g/mol. The monoisotopic (exact) mass is 299 g/mol. The predicted molar refractivity (Wildman–Crippen MR) is 73.1 cm³/mol. The molecule has 1 saturated heterocycles. The number of imide groups is 1. The molecule has 4 amide bonds. The van der Waals surface area contributed by atoms with Gasteiger partial charge in [0, 0.05) is 12.0 Å². The first-order valence-corrected chi connectivity index (χ1v) is 6.71. The molecule has 0 aliphatic carbocycles. The molecule has 8 nitrogen and oxygen atoms in total. The molecule has 3 N–H and O–H groups in total. The van der Waals surface area contributed by atoms with Crippen molar-refractivity contribution in [1.29, 1.82) is 0 Å². The first-order valence-electron chi connectivity index (χ1n) is 6.71. The summed E-state index contributed by atoms with van der Waals surface area (Å²) in [4.78, 5) is 45.9. The Morgan fingerprint density at radius 1 is 1.33 bits per heavy atom. The summed E-state index contributed by atoms with van der Waals surface area (Å²) >= 11 is 0. The molecule has 1 heterocycles. The van der Waals surface area contributed by atoms with E-state index in [2.05, 4.69) is 16.0 Å². The van der Waals surface area contributed by atoms with Crippen LogP contribution in [0.25, 0.3) is 0 Å². The maximum atomic E-state index is 11.7. The van der Waals surface area contributed by atoms with Crippen LogP contribution in [0.4, 0.5) is 4.79 Å². The van der Waals surface area contributed by atoms with Gasteiger partial charge in [-0.05, 0) is 34.1 Å². The number of carbonyl (C=O) groups excluding carboxylic acids is 4. The molecule has 0 bridgehead atoms. The first kappa shape index (κ1) is 16.9. The summed E-state index contributed by atoms with van der Waals surface area (Å²) in [6.45, 7) is 6.66. The summed E-state index contributed by atoms with van der Waals surface area (Å²) in [6.07, 6.45) is -0.522. The molecule has 21 heavy (non-hydrogen) atoms. The third kappa shape index (κ3) is 5.80. The van der Waals surface area contributed by atoms with Crippen LogP contribution in [0, 0.1) is 0 Å². The second-order valence-electron chi connectivity index (χ2n) is 5.93. The highest BCUT2D eigenvalue weighted by atomic mass is 16.5. The summed E-state index contributed by atoms with van der Waals surface area (Å²) in [5, 5.41) is 7.08. The van der Waals surface area contributed by atoms with Gasteiger partial charge < -0.3 is 15.4 Å². The molecule has 2 atom stereocenters. The number of amides is 4. The minimum atomic E-state index is -1.12. The average molecular weight is 299 g/mol. The predicted octanol–water partition coefficient (Wildman–Crippen LogP) is -0.179. The van der Waals surface area contributed by atoms with E-state index in [4.69, 9.17) is 4.74 Å². The third-order valence-corrected chi connectivity index (χ3v) is 2.67. The van der Waals surface area contributed by atoms with Gasteiger partial charge in [0.05, 0.1) is 0 Å². The number of nitrogens with one attached hydrogen (secondary N) is 3. The highest BCUT2D eigenvalue weighted by Crippen LogP contribution is 2.09. The van der Waals surface area contributed by atoms with E-state index < -0.39 is 35.6 Å². The van der Waals surface area contributed by atoms with Crippen molar-refractivity contribution in [2.24, 2.45) is 0 Å². The van der Waals surface area contributed by atoms with Gasteiger partial charge in [-0.15, -0.1) is 0 Å². The van der Waals surface area contributed by atoms with E-state index in [9.17, 15) is 19.2 Å². The van der Waals surface area contributed by atoms with E-state index in [1.54, 1.807) is 20.8 Å². The summed E-state index contributed by atoms with van der Waals surface area (Å²) in [5.41, 5.74) is -0.488. The number of carbonyl (C=O) groups is 4. The molecule has 0 saturated carbocycles. The third-order valence-electron chi connectivity index (χ3n) is 2.67. The van der Waals surface area contributed by atoms with Crippen molar-refractivity contribution in [1.82, 2.24) is 16.0 Å². The fraction of sp³-hybridized carbons (Fsp3) is 0.692. The van der Waals surface area contributed by atoms with Gasteiger partial charge in [-0.1, -0.05) is 0 Å². The molecule has 0 radical (unpaired) electrons. The average Bonchev–Trinajstić information content (AvgIpc) is 2.73. The van der Waals surface area contributed by atoms with Crippen molar-refractivity contribution in [2.45, 2.75) is 58.2 Å². The van der Waals surface area contributed by atoms with Gasteiger partial charge in [0.15, 0.2) is 6.10 Å². The van der Waals surface area contributed by atoms with Crippen LogP contribution in [0.3, 0.4) is 0 Å². The Morgan fingerprint density at radius 3 is 2.43 bits per heavy atom. The first-order chi connectivity index (χ1) is 9.58. The van der Waals surface area contributed by atoms with E-state index in [0.29, 0.717) is 6.42 Å². The highest BCUT2D eigenvalue weighted by molar-refractivity contribution is 5.97. The van der Waals surface area contributed by atoms with E-state index in [1.165, 1.54) is 6.92 Å². The molecule has 0 aromatic carbocycles. The molecule has 1 aliphatic heterocycles. The second-order valence-corrected chi connectivity index (χ2v) is 5.93. The molecule has 0 aromatic heterocycles. The molecule has 0 spiro atoms. The zero-order valence-corrected chi connectivity index (χ0v) is 12.6. The zero-order valence-electron chi connectivity index (χ0n) is 12.6. The number of rotatable bonds is 3. The molecule has 8 heteroatoms. The minimum absolute atomic E-state index is 0.224. The fourth-order valence-corrected chi connectivity index (χ4v) is 1.69. The van der Waals surface area contributed by atoms with E-state index >= 15 is 0 Å². The van der Waals surface area contributed by atoms with E-state index in [-0.39, 0.29) is 12.3 Å². The van der Waals surface area contributed by atoms with Gasteiger partial charge in [0.1, 0.15) is 6.04 Å². The van der Waals surface area contributed by atoms with Crippen LogP contribution in [0.15, 0.2) is 0 Å². The molecule has 1 rings (SSSR count). The van der Waals surface area contributed by atoms with Crippen LogP contribution in [-0.2, 0) is 19.1 Å². The fourth-order valence-electron chi connectivity index (χ4n) is 1.69. The van der Waals surface area contributed by atoms with Crippen molar-refractivity contribution in [2.75, 3.05) is 0 Å². The van der Waals surface area contributed by atoms with Gasteiger partial charge >= 0.3 is 12.0 Å². The number of urea groups is 1. The van der Waals surface area contributed by atoms with Gasteiger partial charge in [0.25, 0.3) is 5.91 Å². The summed E-state index contributed by atoms with van der Waals surface area (Å²) in [7, 11) is 0. The standard InChI is InChI=1S/C13H21N3O5/c1-7(10(18)15-12(20)16-13(2,3)4)21-11(19)8-5-6-9(17)14-8/h7-8H,5-6H2,1-4H3,(H,14,17)(H2,15,16,18,20)/t7-,8-/m1/s1. The smallest absolute Gasteiger partial charge is 0.329 e. The van der Waals surface area contributed by atoms with Crippen LogP contribution in [0.5, 0.6) is 0 Å². The maximum absolute atomic E-state index is 11.7. The Hall–Kier alpha value is -2.12. The lowest BCUT2D eigenvalue weighted by molar-refractivity contribution is -0.156. The van der Waals surface area contributed by atoms with Crippen LogP contribution in [0.1, 0.15) is 40.5 Å². The summed E-state index contributed by atoms with van der Waals surface area (Å²) in [5.74, 6) is -1.63. The normalized spacial score (nSPS) is 19.4. The lowest BCUT2D eigenvalue weighted by atomic mass is 10.1. The molecule has 0 aromatic rings. The Labute approximate surface area is 123 Å². The Bertz CT molecular complexity index is 455.